The molecule has 0 aliphatic carbocycles. The number of aryl methyl sites for hydroxylation is 1. The van der Waals surface area contributed by atoms with Crippen LogP contribution in [0, 0.1) is 0 Å². The predicted octanol–water partition coefficient (Wildman–Crippen LogP) is 4.69. The van der Waals surface area contributed by atoms with E-state index < -0.39 is 5.97 Å². The Morgan fingerprint density at radius 2 is 1.80 bits per heavy atom. The van der Waals surface area contributed by atoms with Gasteiger partial charge in [-0.3, -0.25) is 9.58 Å². The molecular formula is C35H40N4O6. The number of hydrogen-bond acceptors (Lipinski definition) is 8. The summed E-state index contributed by atoms with van der Waals surface area (Å²) in [6.07, 6.45) is 1.28. The lowest BCUT2D eigenvalue weighted by atomic mass is 9.97. The number of aliphatic hydroxyl groups is 2. The molecule has 45 heavy (non-hydrogen) atoms. The number of aromatic amines is 1. The van der Waals surface area contributed by atoms with Gasteiger partial charge in [0.15, 0.2) is 0 Å². The first-order chi connectivity index (χ1) is 22.1. The van der Waals surface area contributed by atoms with Crippen LogP contribution < -0.4 is 4.74 Å². The maximum absolute atomic E-state index is 13.2. The van der Waals surface area contributed by atoms with E-state index in [2.05, 4.69) is 28.1 Å². The van der Waals surface area contributed by atoms with Crippen molar-refractivity contribution in [3.05, 3.63) is 83.3 Å². The summed E-state index contributed by atoms with van der Waals surface area (Å²) < 4.78 is 19.0. The van der Waals surface area contributed by atoms with Gasteiger partial charge in [-0.05, 0) is 36.8 Å². The molecule has 2 aromatic heterocycles. The molecule has 0 amide bonds. The number of aliphatic hydroxyl groups excluding tert-OH is 2. The number of morpholine rings is 1. The summed E-state index contributed by atoms with van der Waals surface area (Å²) in [4.78, 5) is 18.9. The third-order valence-corrected chi connectivity index (χ3v) is 8.34. The molecule has 6 rings (SSSR count). The minimum absolute atomic E-state index is 0.0766. The Morgan fingerprint density at radius 1 is 1.02 bits per heavy atom. The van der Waals surface area contributed by atoms with Gasteiger partial charge in [-0.15, -0.1) is 0 Å². The van der Waals surface area contributed by atoms with Crippen LogP contribution >= 0.6 is 0 Å². The maximum Gasteiger partial charge on any atom is 0.355 e. The summed E-state index contributed by atoms with van der Waals surface area (Å²) >= 11 is 0. The molecule has 10 heteroatoms. The topological polar surface area (TPSA) is 122 Å². The first kappa shape index (κ1) is 30.8. The molecule has 0 saturated carbocycles. The van der Waals surface area contributed by atoms with Crippen LogP contribution in [-0.2, 0) is 35.6 Å². The van der Waals surface area contributed by atoms with Crippen molar-refractivity contribution in [1.29, 1.82) is 0 Å². The molecule has 0 radical (unpaired) electrons. The number of H-pyrrole nitrogens is 1. The largest absolute Gasteiger partial charge is 0.493 e. The van der Waals surface area contributed by atoms with E-state index in [1.54, 1.807) is 11.6 Å². The highest BCUT2D eigenvalue weighted by Gasteiger charge is 2.26. The van der Waals surface area contributed by atoms with E-state index in [0.717, 1.165) is 62.9 Å². The number of hydrogen-bond donors (Lipinski definition) is 3. The van der Waals surface area contributed by atoms with Gasteiger partial charge < -0.3 is 29.4 Å². The predicted molar refractivity (Wildman–Crippen MR) is 172 cm³/mol. The highest BCUT2D eigenvalue weighted by atomic mass is 16.5. The monoisotopic (exact) mass is 612 g/mol. The average molecular weight is 613 g/mol. The summed E-state index contributed by atoms with van der Waals surface area (Å²) in [5.41, 5.74) is 5.16. The fourth-order valence-corrected chi connectivity index (χ4v) is 6.26. The summed E-state index contributed by atoms with van der Waals surface area (Å²) in [7, 11) is 0. The van der Waals surface area contributed by atoms with Crippen LogP contribution in [0.1, 0.15) is 40.8 Å². The summed E-state index contributed by atoms with van der Waals surface area (Å²) in [6.45, 7) is 5.96. The van der Waals surface area contributed by atoms with Crippen molar-refractivity contribution in [2.45, 2.75) is 39.5 Å². The molecule has 1 fully saturated rings. The zero-order valence-electron chi connectivity index (χ0n) is 25.6. The Kier molecular flexibility index (Phi) is 9.75. The highest BCUT2D eigenvalue weighted by molar-refractivity contribution is 6.04. The van der Waals surface area contributed by atoms with Crippen LogP contribution in [0.4, 0.5) is 0 Å². The lowest BCUT2D eigenvalue weighted by Gasteiger charge is -2.27. The second-order valence-electron chi connectivity index (χ2n) is 11.1. The Morgan fingerprint density at radius 3 is 2.60 bits per heavy atom. The highest BCUT2D eigenvalue weighted by Crippen LogP contribution is 2.37. The van der Waals surface area contributed by atoms with Crippen LogP contribution in [0.5, 0.6) is 5.75 Å². The fourth-order valence-electron chi connectivity index (χ4n) is 6.26. The molecule has 0 bridgehead atoms. The Labute approximate surface area is 262 Å². The number of aromatic nitrogens is 3. The number of rotatable bonds is 13. The molecular weight excluding hydrogens is 572 g/mol. The van der Waals surface area contributed by atoms with Crippen molar-refractivity contribution in [2.75, 3.05) is 46.1 Å². The van der Waals surface area contributed by atoms with E-state index in [1.807, 2.05) is 42.5 Å². The van der Waals surface area contributed by atoms with Crippen LogP contribution in [-0.4, -0.2) is 82.0 Å². The van der Waals surface area contributed by atoms with Crippen LogP contribution in [0.15, 0.2) is 60.7 Å². The molecule has 1 aliphatic rings. The number of nitrogens with one attached hydrogen (secondary N) is 1. The molecule has 236 valence electrons. The number of benzene rings is 3. The average Bonchev–Trinajstić information content (AvgIpc) is 3.62. The van der Waals surface area contributed by atoms with E-state index in [9.17, 15) is 15.0 Å². The van der Waals surface area contributed by atoms with Gasteiger partial charge in [-0.1, -0.05) is 54.6 Å². The fraction of sp³-hybridized carbons (Fsp3) is 0.371. The van der Waals surface area contributed by atoms with Crippen LogP contribution in [0.2, 0.25) is 0 Å². The van der Waals surface area contributed by atoms with Gasteiger partial charge in [-0.25, -0.2) is 4.79 Å². The van der Waals surface area contributed by atoms with E-state index in [4.69, 9.17) is 19.3 Å². The Bertz CT molecular complexity index is 1770. The van der Waals surface area contributed by atoms with Crippen molar-refractivity contribution in [3.63, 3.8) is 0 Å². The van der Waals surface area contributed by atoms with E-state index in [0.29, 0.717) is 57.1 Å². The van der Waals surface area contributed by atoms with Crippen molar-refractivity contribution >= 4 is 27.6 Å². The van der Waals surface area contributed by atoms with Gasteiger partial charge in [0, 0.05) is 41.5 Å². The molecule has 1 saturated heterocycles. The number of fused-ring (bicyclic) bond motifs is 2. The molecule has 0 atom stereocenters. The third kappa shape index (κ3) is 6.46. The third-order valence-electron chi connectivity index (χ3n) is 8.34. The molecule has 5 aromatic rings. The number of carbonyl (C=O) groups excluding carboxylic acids is 1. The maximum atomic E-state index is 13.2. The minimum atomic E-state index is -0.406. The molecule has 0 unspecified atom stereocenters. The standard InChI is InChI=1S/C35H40N4O6/c1-2-44-35(42)34-27(13-7-19-45-31-14-5-9-24-8-3-4-10-25(24)31)26-11-6-12-28(33(26)36-34)32-29(23-41)37-39(15-18-40)30(32)22-38-16-20-43-21-17-38/h3-6,8-12,14,36,40-41H,2,7,13,15-23H2,1H3. The summed E-state index contributed by atoms with van der Waals surface area (Å²) in [5, 5.41) is 28.0. The van der Waals surface area contributed by atoms with Crippen molar-refractivity contribution in [1.82, 2.24) is 19.7 Å². The quantitative estimate of drug-likeness (QED) is 0.129. The summed E-state index contributed by atoms with van der Waals surface area (Å²) in [5.74, 6) is 0.431. The smallest absolute Gasteiger partial charge is 0.355 e. The Balaban J connectivity index is 1.36. The SMILES string of the molecule is CCOC(=O)c1[nH]c2c(-c3c(CO)nn(CCO)c3CN3CCOCC3)cccc2c1CCCOc1cccc2ccccc12. The number of ether oxygens (including phenoxy) is 3. The Hall–Kier alpha value is -4.22. The van der Waals surface area contributed by atoms with Crippen LogP contribution in [0.25, 0.3) is 32.8 Å². The normalized spacial score (nSPS) is 13.9. The lowest BCUT2D eigenvalue weighted by Crippen LogP contribution is -2.36. The molecule has 3 heterocycles. The van der Waals surface area contributed by atoms with Crippen molar-refractivity contribution in [2.24, 2.45) is 0 Å². The molecule has 0 spiro atoms. The number of carbonyl (C=O) groups is 1. The number of nitrogens with zero attached hydrogens (tertiary/aromatic N) is 3. The zero-order valence-corrected chi connectivity index (χ0v) is 25.6. The van der Waals surface area contributed by atoms with E-state index >= 15 is 0 Å². The van der Waals surface area contributed by atoms with Crippen molar-refractivity contribution in [3.8, 4) is 16.9 Å². The lowest BCUT2D eigenvalue weighted by molar-refractivity contribution is 0.0329. The minimum Gasteiger partial charge on any atom is -0.493 e. The first-order valence-electron chi connectivity index (χ1n) is 15.6. The molecule has 1 aliphatic heterocycles. The molecule has 10 nitrogen and oxygen atoms in total. The van der Waals surface area contributed by atoms with Gasteiger partial charge in [0.2, 0.25) is 0 Å². The van der Waals surface area contributed by atoms with E-state index in [1.165, 1.54) is 0 Å². The van der Waals surface area contributed by atoms with Gasteiger partial charge in [0.25, 0.3) is 0 Å². The molecule has 3 N–H and O–H groups in total. The van der Waals surface area contributed by atoms with Gasteiger partial charge in [-0.2, -0.15) is 5.10 Å². The second-order valence-corrected chi connectivity index (χ2v) is 11.1. The second kappa shape index (κ2) is 14.3. The van der Waals surface area contributed by atoms with E-state index in [-0.39, 0.29) is 19.8 Å². The van der Waals surface area contributed by atoms with Gasteiger partial charge in [0.1, 0.15) is 11.4 Å². The zero-order chi connectivity index (χ0) is 31.2. The van der Waals surface area contributed by atoms with Crippen LogP contribution in [0.3, 0.4) is 0 Å². The van der Waals surface area contributed by atoms with Gasteiger partial charge in [0.05, 0.1) is 63.1 Å². The number of para-hydroxylation sites is 1. The first-order valence-corrected chi connectivity index (χ1v) is 15.6. The summed E-state index contributed by atoms with van der Waals surface area (Å²) in [6, 6.07) is 20.2. The van der Waals surface area contributed by atoms with Crippen molar-refractivity contribution < 1.29 is 29.2 Å². The molecule has 3 aromatic carbocycles. The van der Waals surface area contributed by atoms with Gasteiger partial charge >= 0.3 is 5.97 Å². The number of esters is 1.